The topological polar surface area (TPSA) is 152 Å². The van der Waals surface area contributed by atoms with E-state index >= 15 is 0 Å². The van der Waals surface area contributed by atoms with Gasteiger partial charge in [0.2, 0.25) is 11.9 Å². The molecule has 3 aromatic rings. The average molecular weight is 369 g/mol. The van der Waals surface area contributed by atoms with Gasteiger partial charge in [0.05, 0.1) is 11.9 Å². The van der Waals surface area contributed by atoms with Crippen molar-refractivity contribution in [2.45, 2.75) is 10.9 Å². The number of nitrogens with two attached hydrogens (primary N) is 2. The predicted octanol–water partition coefficient (Wildman–Crippen LogP) is 1.87. The van der Waals surface area contributed by atoms with E-state index in [1.54, 1.807) is 12.1 Å². The molecule has 0 bridgehead atoms. The monoisotopic (exact) mass is 369 g/mol. The Balaban J connectivity index is 1.72. The van der Waals surface area contributed by atoms with Crippen molar-refractivity contribution in [1.29, 1.82) is 5.26 Å². The number of nitrogens with zero attached hydrogens (tertiary/aromatic N) is 6. The van der Waals surface area contributed by atoms with E-state index < -0.39 is 0 Å². The smallest absolute Gasteiger partial charge is 0.232 e. The van der Waals surface area contributed by atoms with Crippen LogP contribution in [0.2, 0.25) is 0 Å². The van der Waals surface area contributed by atoms with Crippen molar-refractivity contribution in [2.24, 2.45) is 0 Å². The molecule has 1 aromatic carbocycles. The maximum Gasteiger partial charge on any atom is 0.232 e. The molecule has 0 radical (unpaired) electrons. The Labute approximate surface area is 151 Å². The van der Waals surface area contributed by atoms with Crippen molar-refractivity contribution < 1.29 is 4.39 Å². The molecule has 0 saturated heterocycles. The molecular formula is C15H12FN9S. The molecule has 26 heavy (non-hydrogen) atoms. The summed E-state index contributed by atoms with van der Waals surface area (Å²) in [6.45, 7) is 0. The lowest BCUT2D eigenvalue weighted by Gasteiger charge is -2.07. The maximum atomic E-state index is 13.0. The Bertz CT molecular complexity index is 972. The molecule has 0 saturated carbocycles. The molecule has 0 aliphatic rings. The van der Waals surface area contributed by atoms with Crippen molar-refractivity contribution in [3.63, 3.8) is 0 Å². The van der Waals surface area contributed by atoms with Gasteiger partial charge in [-0.1, -0.05) is 11.8 Å². The minimum Gasteiger partial charge on any atom is -0.382 e. The molecule has 2 heterocycles. The van der Waals surface area contributed by atoms with E-state index in [9.17, 15) is 4.39 Å². The predicted molar refractivity (Wildman–Crippen MR) is 94.6 cm³/mol. The van der Waals surface area contributed by atoms with Crippen LogP contribution in [0.25, 0.3) is 0 Å². The molecule has 0 spiro atoms. The van der Waals surface area contributed by atoms with Gasteiger partial charge in [0, 0.05) is 5.69 Å². The summed E-state index contributed by atoms with van der Waals surface area (Å²) in [5.74, 6) is 0.762. The number of aromatic nitrogens is 5. The summed E-state index contributed by atoms with van der Waals surface area (Å²) in [6, 6.07) is 7.63. The summed E-state index contributed by atoms with van der Waals surface area (Å²) in [6.07, 6.45) is 1.36. The van der Waals surface area contributed by atoms with E-state index in [2.05, 4.69) is 30.2 Å². The van der Waals surface area contributed by atoms with Gasteiger partial charge >= 0.3 is 0 Å². The molecule has 2 aromatic heterocycles. The fourth-order valence-electron chi connectivity index (χ4n) is 1.88. The quantitative estimate of drug-likeness (QED) is 0.448. The lowest BCUT2D eigenvalue weighted by molar-refractivity contribution is 0.628. The van der Waals surface area contributed by atoms with Crippen LogP contribution in [0.1, 0.15) is 11.4 Å². The molecule has 5 N–H and O–H groups in total. The van der Waals surface area contributed by atoms with E-state index in [1.165, 1.54) is 30.1 Å². The number of hydrogen-bond acceptors (Lipinski definition) is 10. The Morgan fingerprint density at radius 2 is 1.88 bits per heavy atom. The standard InChI is InChI=1S/C15H12FN9S/c16-9-1-3-10(4-2-9)21-14-23-11(22-13(19)25-14)7-26-15-20-6-8(5-17)12(18)24-15/h1-4,6H,7H2,(H2,18,20,24)(H3,19,21,22,23,25). The van der Waals surface area contributed by atoms with E-state index in [0.29, 0.717) is 22.4 Å². The summed E-state index contributed by atoms with van der Waals surface area (Å²) >= 11 is 1.24. The van der Waals surface area contributed by atoms with Gasteiger partial charge in [-0.25, -0.2) is 14.4 Å². The number of halogens is 1. The van der Waals surface area contributed by atoms with Crippen LogP contribution in [0, 0.1) is 17.1 Å². The van der Waals surface area contributed by atoms with Crippen LogP contribution in [0.4, 0.5) is 27.8 Å². The molecule has 130 valence electrons. The minimum atomic E-state index is -0.343. The Hall–Kier alpha value is -3.52. The zero-order chi connectivity index (χ0) is 18.5. The fraction of sp³-hybridized carbons (Fsp3) is 0.0667. The Morgan fingerprint density at radius 1 is 1.12 bits per heavy atom. The lowest BCUT2D eigenvalue weighted by atomic mass is 10.3. The molecule has 9 nitrogen and oxygen atoms in total. The van der Waals surface area contributed by atoms with Crippen molar-refractivity contribution in [3.8, 4) is 6.07 Å². The highest BCUT2D eigenvalue weighted by Crippen LogP contribution is 2.21. The van der Waals surface area contributed by atoms with Crippen LogP contribution in [0.3, 0.4) is 0 Å². The van der Waals surface area contributed by atoms with E-state index in [4.69, 9.17) is 16.7 Å². The first-order chi connectivity index (χ1) is 12.5. The molecule has 0 aliphatic heterocycles. The van der Waals surface area contributed by atoms with Crippen molar-refractivity contribution in [1.82, 2.24) is 24.9 Å². The highest BCUT2D eigenvalue weighted by Gasteiger charge is 2.09. The van der Waals surface area contributed by atoms with Crippen LogP contribution < -0.4 is 16.8 Å². The molecular weight excluding hydrogens is 357 g/mol. The molecule has 0 atom stereocenters. The summed E-state index contributed by atoms with van der Waals surface area (Å²) in [5, 5.41) is 12.1. The van der Waals surface area contributed by atoms with Gasteiger partial charge in [-0.2, -0.15) is 20.2 Å². The number of hydrogen-bond donors (Lipinski definition) is 3. The first kappa shape index (κ1) is 17.3. The van der Waals surface area contributed by atoms with Gasteiger partial charge in [-0.15, -0.1) is 0 Å². The second-order valence-electron chi connectivity index (χ2n) is 4.92. The van der Waals surface area contributed by atoms with Gasteiger partial charge < -0.3 is 16.8 Å². The largest absolute Gasteiger partial charge is 0.382 e. The number of benzene rings is 1. The van der Waals surface area contributed by atoms with E-state index in [-0.39, 0.29) is 29.1 Å². The number of rotatable bonds is 5. The van der Waals surface area contributed by atoms with Gasteiger partial charge in [0.25, 0.3) is 0 Å². The summed E-state index contributed by atoms with van der Waals surface area (Å²) in [5.41, 5.74) is 12.2. The van der Waals surface area contributed by atoms with Crippen LogP contribution in [0.15, 0.2) is 35.6 Å². The van der Waals surface area contributed by atoms with Gasteiger partial charge in [0.15, 0.2) is 5.16 Å². The SMILES string of the molecule is N#Cc1cnc(SCc2nc(N)nc(Nc3ccc(F)cc3)n2)nc1N. The number of nitrogens with one attached hydrogen (secondary N) is 1. The zero-order valence-corrected chi connectivity index (χ0v) is 14.0. The summed E-state index contributed by atoms with van der Waals surface area (Å²) in [7, 11) is 0. The summed E-state index contributed by atoms with van der Waals surface area (Å²) in [4.78, 5) is 20.4. The third-order valence-corrected chi connectivity index (χ3v) is 3.90. The van der Waals surface area contributed by atoms with Crippen molar-refractivity contribution in [3.05, 3.63) is 47.7 Å². The number of thioether (sulfide) groups is 1. The average Bonchev–Trinajstić information content (AvgIpc) is 2.62. The molecule has 0 aliphatic carbocycles. The molecule has 0 fully saturated rings. The molecule has 3 rings (SSSR count). The lowest BCUT2D eigenvalue weighted by Crippen LogP contribution is -2.07. The van der Waals surface area contributed by atoms with Gasteiger partial charge in [-0.3, -0.25) is 0 Å². The number of anilines is 4. The number of nitrogen functional groups attached to an aromatic ring is 2. The molecule has 0 amide bonds. The third kappa shape index (κ3) is 4.31. The minimum absolute atomic E-state index is 0.0421. The van der Waals surface area contributed by atoms with Crippen LogP contribution >= 0.6 is 11.8 Å². The van der Waals surface area contributed by atoms with Crippen LogP contribution in [-0.2, 0) is 5.75 Å². The Morgan fingerprint density at radius 3 is 2.58 bits per heavy atom. The van der Waals surface area contributed by atoms with E-state index in [1.807, 2.05) is 6.07 Å². The molecule has 11 heteroatoms. The zero-order valence-electron chi connectivity index (χ0n) is 13.2. The molecule has 0 unspecified atom stereocenters. The van der Waals surface area contributed by atoms with Crippen LogP contribution in [0.5, 0.6) is 0 Å². The van der Waals surface area contributed by atoms with Crippen LogP contribution in [-0.4, -0.2) is 24.9 Å². The maximum absolute atomic E-state index is 13.0. The Kier molecular flexibility index (Phi) is 5.04. The number of nitriles is 1. The van der Waals surface area contributed by atoms with Crippen molar-refractivity contribution >= 4 is 35.2 Å². The second kappa shape index (κ2) is 7.58. The first-order valence-electron chi connectivity index (χ1n) is 7.22. The highest BCUT2D eigenvalue weighted by atomic mass is 32.2. The first-order valence-corrected chi connectivity index (χ1v) is 8.20. The highest BCUT2D eigenvalue weighted by molar-refractivity contribution is 7.98. The fourth-order valence-corrected chi connectivity index (χ4v) is 2.56. The summed E-state index contributed by atoms with van der Waals surface area (Å²) < 4.78 is 13.0. The van der Waals surface area contributed by atoms with Crippen molar-refractivity contribution in [2.75, 3.05) is 16.8 Å². The van der Waals surface area contributed by atoms with Gasteiger partial charge in [0.1, 0.15) is 29.1 Å². The van der Waals surface area contributed by atoms with E-state index in [0.717, 1.165) is 0 Å². The second-order valence-corrected chi connectivity index (χ2v) is 5.86. The third-order valence-electron chi connectivity index (χ3n) is 3.05. The normalized spacial score (nSPS) is 10.3. The van der Waals surface area contributed by atoms with Gasteiger partial charge in [-0.05, 0) is 24.3 Å².